The molecule has 1 aliphatic rings. The van der Waals surface area contributed by atoms with Crippen molar-refractivity contribution in [2.45, 2.75) is 16.6 Å². The van der Waals surface area contributed by atoms with E-state index in [1.807, 2.05) is 0 Å². The minimum atomic E-state index is -3.50. The van der Waals surface area contributed by atoms with Crippen LogP contribution in [0.15, 0.2) is 70.2 Å². The topological polar surface area (TPSA) is 80.5 Å². The first-order valence-corrected chi connectivity index (χ1v) is 10.7. The first-order chi connectivity index (χ1) is 13.5. The van der Waals surface area contributed by atoms with Crippen LogP contribution in [0.5, 0.6) is 0 Å². The summed E-state index contributed by atoms with van der Waals surface area (Å²) in [6.45, 7) is 0.478. The van der Waals surface area contributed by atoms with Crippen molar-refractivity contribution in [3.63, 3.8) is 0 Å². The Morgan fingerprint density at radius 2 is 1.82 bits per heavy atom. The van der Waals surface area contributed by atoms with E-state index in [2.05, 4.69) is 5.16 Å². The van der Waals surface area contributed by atoms with Gasteiger partial charge < -0.3 is 9.42 Å². The summed E-state index contributed by atoms with van der Waals surface area (Å²) in [5.74, 6) is -0.0353. The summed E-state index contributed by atoms with van der Waals surface area (Å²) >= 11 is 6.21. The van der Waals surface area contributed by atoms with Crippen LogP contribution in [0.3, 0.4) is 0 Å². The lowest BCUT2D eigenvalue weighted by atomic mass is 10.1. The van der Waals surface area contributed by atoms with Crippen LogP contribution in [0.25, 0.3) is 11.3 Å². The fourth-order valence-corrected chi connectivity index (χ4v) is 5.31. The van der Waals surface area contributed by atoms with Gasteiger partial charge in [-0.3, -0.25) is 4.79 Å². The molecule has 144 valence electrons. The van der Waals surface area contributed by atoms with Gasteiger partial charge in [0.15, 0.2) is 15.6 Å². The maximum absolute atomic E-state index is 13.0. The Morgan fingerprint density at radius 1 is 1.11 bits per heavy atom. The summed E-state index contributed by atoms with van der Waals surface area (Å²) in [6.07, 6.45) is 1.73. The van der Waals surface area contributed by atoms with Crippen LogP contribution in [0.4, 0.5) is 0 Å². The first-order valence-electron chi connectivity index (χ1n) is 8.76. The Hall–Kier alpha value is -2.64. The lowest BCUT2D eigenvalue weighted by Crippen LogP contribution is -2.32. The van der Waals surface area contributed by atoms with E-state index in [1.54, 1.807) is 54.6 Å². The van der Waals surface area contributed by atoms with Gasteiger partial charge in [0.2, 0.25) is 0 Å². The van der Waals surface area contributed by atoms with Crippen molar-refractivity contribution < 1.29 is 17.7 Å². The third-order valence-corrected chi connectivity index (χ3v) is 7.38. The van der Waals surface area contributed by atoms with E-state index >= 15 is 0 Å². The van der Waals surface area contributed by atoms with Gasteiger partial charge in [0.05, 0.1) is 21.4 Å². The van der Waals surface area contributed by atoms with Crippen LogP contribution in [-0.4, -0.2) is 42.7 Å². The predicted molar refractivity (Wildman–Crippen MR) is 105 cm³/mol. The smallest absolute Gasteiger partial charge is 0.259 e. The molecule has 0 aliphatic carbocycles. The second-order valence-electron chi connectivity index (χ2n) is 6.57. The Bertz CT molecular complexity index is 1110. The Labute approximate surface area is 167 Å². The quantitative estimate of drug-likeness (QED) is 0.648. The molecule has 0 saturated carbocycles. The van der Waals surface area contributed by atoms with Crippen LogP contribution in [-0.2, 0) is 9.84 Å². The third-order valence-electron chi connectivity index (χ3n) is 4.86. The maximum atomic E-state index is 13.0. The summed E-state index contributed by atoms with van der Waals surface area (Å²) < 4.78 is 30.9. The fourth-order valence-electron chi connectivity index (χ4n) is 3.37. The van der Waals surface area contributed by atoms with Crippen molar-refractivity contribution in [2.75, 3.05) is 13.1 Å². The van der Waals surface area contributed by atoms with Crippen molar-refractivity contribution in [1.29, 1.82) is 0 Å². The molecule has 2 heterocycles. The number of aromatic nitrogens is 1. The van der Waals surface area contributed by atoms with E-state index in [4.69, 9.17) is 16.1 Å². The van der Waals surface area contributed by atoms with Crippen LogP contribution < -0.4 is 0 Å². The summed E-state index contributed by atoms with van der Waals surface area (Å²) in [4.78, 5) is 14.8. The minimum absolute atomic E-state index is 0.128. The third kappa shape index (κ3) is 3.31. The van der Waals surface area contributed by atoms with Gasteiger partial charge in [0, 0.05) is 18.7 Å². The molecule has 8 heteroatoms. The molecule has 0 radical (unpaired) electrons. The highest BCUT2D eigenvalue weighted by Crippen LogP contribution is 2.32. The predicted octanol–water partition coefficient (Wildman–Crippen LogP) is 3.68. The van der Waals surface area contributed by atoms with Crippen molar-refractivity contribution in [3.8, 4) is 11.3 Å². The standard InChI is InChI=1S/C20H17ClN2O4S/c21-18-9-5-4-8-16(18)19-17(12-22-27-19)20(24)23-11-10-15(13-23)28(25,26)14-6-2-1-3-7-14/h1-9,12,15H,10-11,13H2. The molecule has 1 saturated heterocycles. The Kier molecular flexibility index (Phi) is 4.95. The fraction of sp³-hybridized carbons (Fsp3) is 0.200. The monoisotopic (exact) mass is 416 g/mol. The SMILES string of the molecule is O=C(c1cnoc1-c1ccccc1Cl)N1CCC(S(=O)(=O)c2ccccc2)C1. The molecule has 0 spiro atoms. The zero-order chi connectivity index (χ0) is 19.7. The van der Waals surface area contributed by atoms with Gasteiger partial charge in [0.1, 0.15) is 5.56 Å². The molecule has 1 fully saturated rings. The molecule has 28 heavy (non-hydrogen) atoms. The molecule has 6 nitrogen and oxygen atoms in total. The second-order valence-corrected chi connectivity index (χ2v) is 9.20. The Balaban J connectivity index is 1.57. The van der Waals surface area contributed by atoms with Crippen LogP contribution in [0, 0.1) is 0 Å². The highest BCUT2D eigenvalue weighted by Gasteiger charge is 2.37. The molecule has 0 N–H and O–H groups in total. The molecule has 1 aliphatic heterocycles. The van der Waals surface area contributed by atoms with Crippen LogP contribution in [0.1, 0.15) is 16.8 Å². The highest BCUT2D eigenvalue weighted by molar-refractivity contribution is 7.92. The van der Waals surface area contributed by atoms with Gasteiger partial charge in [-0.25, -0.2) is 8.42 Å². The summed E-state index contributed by atoms with van der Waals surface area (Å²) in [7, 11) is -3.50. The summed E-state index contributed by atoms with van der Waals surface area (Å²) in [5, 5.41) is 3.56. The average molecular weight is 417 g/mol. The minimum Gasteiger partial charge on any atom is -0.355 e. The normalized spacial score (nSPS) is 17.0. The molecule has 0 bridgehead atoms. The number of nitrogens with zero attached hydrogens (tertiary/aromatic N) is 2. The zero-order valence-corrected chi connectivity index (χ0v) is 16.4. The zero-order valence-electron chi connectivity index (χ0n) is 14.8. The number of amides is 1. The molecular weight excluding hydrogens is 400 g/mol. The van der Waals surface area contributed by atoms with Gasteiger partial charge in [0.25, 0.3) is 5.91 Å². The summed E-state index contributed by atoms with van der Waals surface area (Å²) in [6, 6.07) is 15.3. The molecule has 4 rings (SSSR count). The van der Waals surface area contributed by atoms with E-state index in [1.165, 1.54) is 11.1 Å². The van der Waals surface area contributed by atoms with Gasteiger partial charge in [-0.1, -0.05) is 47.1 Å². The molecule has 1 atom stereocenters. The first kappa shape index (κ1) is 18.7. The number of carbonyl (C=O) groups is 1. The second kappa shape index (κ2) is 7.41. The van der Waals surface area contributed by atoms with Crippen LogP contribution >= 0.6 is 11.6 Å². The number of carbonyl (C=O) groups excluding carboxylic acids is 1. The summed E-state index contributed by atoms with van der Waals surface area (Å²) in [5.41, 5.74) is 0.837. The molecule has 1 unspecified atom stereocenters. The highest BCUT2D eigenvalue weighted by atomic mass is 35.5. The molecule has 1 amide bonds. The maximum Gasteiger partial charge on any atom is 0.259 e. The number of benzene rings is 2. The van der Waals surface area contributed by atoms with E-state index in [0.29, 0.717) is 23.6 Å². The van der Waals surface area contributed by atoms with Gasteiger partial charge in [-0.15, -0.1) is 0 Å². The lowest BCUT2D eigenvalue weighted by molar-refractivity contribution is 0.0793. The number of likely N-dealkylation sites (tertiary alicyclic amines) is 1. The van der Waals surface area contributed by atoms with Crippen molar-refractivity contribution in [3.05, 3.63) is 71.4 Å². The number of hydrogen-bond acceptors (Lipinski definition) is 5. The van der Waals surface area contributed by atoms with Gasteiger partial charge in [-0.05, 0) is 30.7 Å². The van der Waals surface area contributed by atoms with Gasteiger partial charge >= 0.3 is 0 Å². The molecular formula is C20H17ClN2O4S. The molecule has 2 aromatic carbocycles. The largest absolute Gasteiger partial charge is 0.355 e. The van der Waals surface area contributed by atoms with Crippen molar-refractivity contribution >= 4 is 27.3 Å². The van der Waals surface area contributed by atoms with Gasteiger partial charge in [-0.2, -0.15) is 0 Å². The Morgan fingerprint density at radius 3 is 2.57 bits per heavy atom. The van der Waals surface area contributed by atoms with Crippen molar-refractivity contribution in [1.82, 2.24) is 10.1 Å². The number of sulfone groups is 1. The molecule has 3 aromatic rings. The molecule has 1 aromatic heterocycles. The number of rotatable bonds is 4. The van der Waals surface area contributed by atoms with E-state index in [-0.39, 0.29) is 28.7 Å². The van der Waals surface area contributed by atoms with Crippen molar-refractivity contribution in [2.24, 2.45) is 0 Å². The number of halogens is 1. The lowest BCUT2D eigenvalue weighted by Gasteiger charge is -2.16. The number of hydrogen-bond donors (Lipinski definition) is 0. The van der Waals surface area contributed by atoms with E-state index in [9.17, 15) is 13.2 Å². The van der Waals surface area contributed by atoms with Crippen LogP contribution in [0.2, 0.25) is 5.02 Å². The van der Waals surface area contributed by atoms with E-state index in [0.717, 1.165) is 0 Å². The average Bonchev–Trinajstić information content (AvgIpc) is 3.39. The van der Waals surface area contributed by atoms with E-state index < -0.39 is 15.1 Å².